The smallest absolute Gasteiger partial charge is 0.243 e. The number of ether oxygens (including phenoxy) is 1. The summed E-state index contributed by atoms with van der Waals surface area (Å²) in [7, 11) is 3.21. The van der Waals surface area contributed by atoms with Gasteiger partial charge in [-0.05, 0) is 23.8 Å². The van der Waals surface area contributed by atoms with E-state index in [0.717, 1.165) is 11.3 Å². The Morgan fingerprint density at radius 1 is 1.50 bits per heavy atom. The van der Waals surface area contributed by atoms with Crippen molar-refractivity contribution < 1.29 is 9.53 Å². The van der Waals surface area contributed by atoms with Gasteiger partial charge in [0.1, 0.15) is 5.75 Å². The third kappa shape index (κ3) is 2.94. The van der Waals surface area contributed by atoms with E-state index in [1.807, 2.05) is 24.3 Å². The molecule has 3 heteroatoms. The Labute approximate surface area is 83.4 Å². The number of methoxy groups -OCH3 is 1. The van der Waals surface area contributed by atoms with Crippen molar-refractivity contribution in [2.45, 2.75) is 0 Å². The molecule has 0 aliphatic heterocycles. The van der Waals surface area contributed by atoms with E-state index < -0.39 is 0 Å². The van der Waals surface area contributed by atoms with Gasteiger partial charge in [-0.2, -0.15) is 0 Å². The van der Waals surface area contributed by atoms with Crippen LogP contribution in [0.5, 0.6) is 5.75 Å². The quantitative estimate of drug-likeness (QED) is 0.734. The molecule has 0 saturated heterocycles. The van der Waals surface area contributed by atoms with Gasteiger partial charge in [-0.25, -0.2) is 0 Å². The Kier molecular flexibility index (Phi) is 3.73. The summed E-state index contributed by atoms with van der Waals surface area (Å²) < 4.78 is 5.05. The van der Waals surface area contributed by atoms with Crippen molar-refractivity contribution in [2.75, 3.05) is 14.2 Å². The largest absolute Gasteiger partial charge is 0.497 e. The number of amides is 1. The molecule has 0 aromatic heterocycles. The van der Waals surface area contributed by atoms with Crippen LogP contribution in [-0.2, 0) is 4.79 Å². The Morgan fingerprint density at radius 3 is 2.93 bits per heavy atom. The summed E-state index contributed by atoms with van der Waals surface area (Å²) in [6, 6.07) is 7.50. The van der Waals surface area contributed by atoms with Crippen LogP contribution in [0.1, 0.15) is 5.56 Å². The highest BCUT2D eigenvalue weighted by atomic mass is 16.5. The van der Waals surface area contributed by atoms with Crippen molar-refractivity contribution in [3.63, 3.8) is 0 Å². The summed E-state index contributed by atoms with van der Waals surface area (Å²) in [4.78, 5) is 10.9. The van der Waals surface area contributed by atoms with Gasteiger partial charge in [0, 0.05) is 13.1 Å². The molecule has 0 atom stereocenters. The van der Waals surface area contributed by atoms with Gasteiger partial charge in [-0.15, -0.1) is 0 Å². The average Bonchev–Trinajstić information content (AvgIpc) is 2.26. The highest BCUT2D eigenvalue weighted by Crippen LogP contribution is 2.13. The first-order chi connectivity index (χ1) is 6.76. The second kappa shape index (κ2) is 5.07. The molecule has 0 spiro atoms. The molecular weight excluding hydrogens is 178 g/mol. The molecular formula is C11H13NO2. The van der Waals surface area contributed by atoms with Crippen LogP contribution in [0.15, 0.2) is 30.3 Å². The molecule has 1 N–H and O–H groups in total. The van der Waals surface area contributed by atoms with Crippen LogP contribution in [0.25, 0.3) is 6.08 Å². The van der Waals surface area contributed by atoms with E-state index >= 15 is 0 Å². The maximum Gasteiger partial charge on any atom is 0.243 e. The summed E-state index contributed by atoms with van der Waals surface area (Å²) in [5, 5.41) is 2.51. The van der Waals surface area contributed by atoms with Gasteiger partial charge in [0.15, 0.2) is 0 Å². The summed E-state index contributed by atoms with van der Waals surface area (Å²) in [5.74, 6) is 0.664. The van der Waals surface area contributed by atoms with Crippen molar-refractivity contribution in [3.8, 4) is 5.75 Å². The minimum absolute atomic E-state index is 0.118. The van der Waals surface area contributed by atoms with E-state index in [4.69, 9.17) is 4.74 Å². The molecule has 0 aliphatic rings. The Balaban J connectivity index is 2.76. The Morgan fingerprint density at radius 2 is 2.29 bits per heavy atom. The van der Waals surface area contributed by atoms with Crippen LogP contribution in [-0.4, -0.2) is 20.1 Å². The fourth-order valence-corrected chi connectivity index (χ4v) is 1.00. The van der Waals surface area contributed by atoms with E-state index in [2.05, 4.69) is 5.32 Å². The Bertz CT molecular complexity index is 345. The first-order valence-electron chi connectivity index (χ1n) is 4.30. The number of likely N-dealkylation sites (N-methyl/N-ethyl adjacent to an activating group) is 1. The van der Waals surface area contributed by atoms with Crippen molar-refractivity contribution in [1.82, 2.24) is 5.32 Å². The number of hydrogen-bond acceptors (Lipinski definition) is 2. The normalized spacial score (nSPS) is 10.1. The zero-order valence-electron chi connectivity index (χ0n) is 8.28. The molecule has 0 fully saturated rings. The molecule has 14 heavy (non-hydrogen) atoms. The molecule has 1 aromatic rings. The molecule has 3 nitrogen and oxygen atoms in total. The van der Waals surface area contributed by atoms with Gasteiger partial charge in [0.25, 0.3) is 0 Å². The molecule has 0 saturated carbocycles. The summed E-state index contributed by atoms with van der Waals surface area (Å²) in [6.45, 7) is 0. The number of rotatable bonds is 3. The van der Waals surface area contributed by atoms with Crippen LogP contribution < -0.4 is 10.1 Å². The van der Waals surface area contributed by atoms with Crippen molar-refractivity contribution in [3.05, 3.63) is 35.9 Å². The molecule has 1 aromatic carbocycles. The highest BCUT2D eigenvalue weighted by Gasteiger charge is 1.92. The lowest BCUT2D eigenvalue weighted by Gasteiger charge is -1.99. The monoisotopic (exact) mass is 191 g/mol. The van der Waals surface area contributed by atoms with E-state index in [-0.39, 0.29) is 5.91 Å². The summed E-state index contributed by atoms with van der Waals surface area (Å²) in [6.07, 6.45) is 3.22. The predicted molar refractivity (Wildman–Crippen MR) is 56.1 cm³/mol. The van der Waals surface area contributed by atoms with E-state index in [1.165, 1.54) is 6.08 Å². The lowest BCUT2D eigenvalue weighted by Crippen LogP contribution is -2.13. The number of carbonyl (C=O) groups excluding carboxylic acids is 1. The first kappa shape index (κ1) is 10.3. The van der Waals surface area contributed by atoms with E-state index in [9.17, 15) is 4.79 Å². The number of hydrogen-bond donors (Lipinski definition) is 1. The molecule has 0 aliphatic carbocycles. The third-order valence-corrected chi connectivity index (χ3v) is 1.77. The molecule has 1 rings (SSSR count). The molecule has 0 radical (unpaired) electrons. The first-order valence-corrected chi connectivity index (χ1v) is 4.30. The standard InChI is InChI=1S/C11H13NO2/c1-12-11(13)7-6-9-4-3-5-10(8-9)14-2/h3-8H,1-2H3,(H,12,13). The van der Waals surface area contributed by atoms with Gasteiger partial charge < -0.3 is 10.1 Å². The lowest BCUT2D eigenvalue weighted by atomic mass is 10.2. The topological polar surface area (TPSA) is 38.3 Å². The van der Waals surface area contributed by atoms with Gasteiger partial charge in [-0.3, -0.25) is 4.79 Å². The van der Waals surface area contributed by atoms with Gasteiger partial charge >= 0.3 is 0 Å². The minimum Gasteiger partial charge on any atom is -0.497 e. The maximum atomic E-state index is 10.9. The third-order valence-electron chi connectivity index (χ3n) is 1.77. The molecule has 0 bridgehead atoms. The van der Waals surface area contributed by atoms with Crippen LogP contribution in [0.4, 0.5) is 0 Å². The number of carbonyl (C=O) groups is 1. The molecule has 0 unspecified atom stereocenters. The average molecular weight is 191 g/mol. The number of benzene rings is 1. The van der Waals surface area contributed by atoms with E-state index in [1.54, 1.807) is 20.2 Å². The second-order valence-corrected chi connectivity index (χ2v) is 2.72. The van der Waals surface area contributed by atoms with Crippen LogP contribution in [0, 0.1) is 0 Å². The molecule has 74 valence electrons. The van der Waals surface area contributed by atoms with Gasteiger partial charge in [0.2, 0.25) is 5.91 Å². The zero-order chi connectivity index (χ0) is 10.4. The van der Waals surface area contributed by atoms with Crippen molar-refractivity contribution >= 4 is 12.0 Å². The van der Waals surface area contributed by atoms with Crippen LogP contribution >= 0.6 is 0 Å². The second-order valence-electron chi connectivity index (χ2n) is 2.72. The lowest BCUT2D eigenvalue weighted by molar-refractivity contribution is -0.115. The predicted octanol–water partition coefficient (Wildman–Crippen LogP) is 1.45. The van der Waals surface area contributed by atoms with Crippen LogP contribution in [0.2, 0.25) is 0 Å². The zero-order valence-corrected chi connectivity index (χ0v) is 8.28. The van der Waals surface area contributed by atoms with Gasteiger partial charge in [-0.1, -0.05) is 12.1 Å². The Hall–Kier alpha value is -1.77. The molecule has 0 heterocycles. The summed E-state index contributed by atoms with van der Waals surface area (Å²) >= 11 is 0. The van der Waals surface area contributed by atoms with Gasteiger partial charge in [0.05, 0.1) is 7.11 Å². The van der Waals surface area contributed by atoms with Crippen LogP contribution in [0.3, 0.4) is 0 Å². The minimum atomic E-state index is -0.118. The highest BCUT2D eigenvalue weighted by molar-refractivity contribution is 5.91. The van der Waals surface area contributed by atoms with Crippen molar-refractivity contribution in [1.29, 1.82) is 0 Å². The number of nitrogens with one attached hydrogen (secondary N) is 1. The summed E-state index contributed by atoms with van der Waals surface area (Å²) in [5.41, 5.74) is 0.938. The van der Waals surface area contributed by atoms with E-state index in [0.29, 0.717) is 0 Å². The fraction of sp³-hybridized carbons (Fsp3) is 0.182. The SMILES string of the molecule is CNC(=O)C=Cc1cccc(OC)c1. The van der Waals surface area contributed by atoms with Crippen molar-refractivity contribution in [2.24, 2.45) is 0 Å². The fourth-order valence-electron chi connectivity index (χ4n) is 1.00. The molecule has 1 amide bonds. The maximum absolute atomic E-state index is 10.9.